The second-order valence-electron chi connectivity index (χ2n) is 6.15. The van der Waals surface area contributed by atoms with Gasteiger partial charge in [0.25, 0.3) is 0 Å². The van der Waals surface area contributed by atoms with E-state index >= 15 is 0 Å². The number of hydrogen-bond acceptors (Lipinski definition) is 5. The third kappa shape index (κ3) is 2.89. The van der Waals surface area contributed by atoms with Crippen LogP contribution in [0.2, 0.25) is 0 Å². The standard InChI is InChI=1S/C21H17FN2O3/c1-2-26-21(25)17-16(13-5-3-7-14(22)11-13)15-9-8-12-6-4-10-24-18(12)19(15)27-20(17)23/h3-11,16H,2,23H2,1H3/t16-/m0/s1. The minimum atomic E-state index is -0.616. The zero-order valence-corrected chi connectivity index (χ0v) is 14.6. The molecule has 0 aliphatic carbocycles. The van der Waals surface area contributed by atoms with Gasteiger partial charge in [0.15, 0.2) is 5.75 Å². The monoisotopic (exact) mass is 364 g/mol. The van der Waals surface area contributed by atoms with Crippen LogP contribution in [-0.2, 0) is 9.53 Å². The molecule has 0 saturated heterocycles. The first-order chi connectivity index (χ1) is 13.1. The summed E-state index contributed by atoms with van der Waals surface area (Å²) in [5.41, 5.74) is 8.17. The van der Waals surface area contributed by atoms with Crippen molar-refractivity contribution in [3.8, 4) is 5.75 Å². The second kappa shape index (κ2) is 6.72. The number of esters is 1. The van der Waals surface area contributed by atoms with Crippen LogP contribution in [0.4, 0.5) is 4.39 Å². The van der Waals surface area contributed by atoms with Gasteiger partial charge in [0.1, 0.15) is 16.9 Å². The Hall–Kier alpha value is -3.41. The SMILES string of the molecule is CCOC(=O)C1=C(N)Oc2c(ccc3cccnc23)[C@@H]1c1cccc(F)c1. The third-order valence-electron chi connectivity index (χ3n) is 4.51. The minimum absolute atomic E-state index is 0.0617. The van der Waals surface area contributed by atoms with Crippen molar-refractivity contribution in [1.29, 1.82) is 0 Å². The fourth-order valence-corrected chi connectivity index (χ4v) is 3.39. The van der Waals surface area contributed by atoms with Crippen LogP contribution >= 0.6 is 0 Å². The molecule has 27 heavy (non-hydrogen) atoms. The van der Waals surface area contributed by atoms with Crippen molar-refractivity contribution in [2.75, 3.05) is 6.61 Å². The molecular weight excluding hydrogens is 347 g/mol. The Morgan fingerprint density at radius 3 is 2.89 bits per heavy atom. The molecule has 2 aromatic carbocycles. The summed E-state index contributed by atoms with van der Waals surface area (Å²) < 4.78 is 24.9. The molecule has 136 valence electrons. The third-order valence-corrected chi connectivity index (χ3v) is 4.51. The Bertz CT molecular complexity index is 1080. The van der Waals surface area contributed by atoms with Gasteiger partial charge in [-0.05, 0) is 30.7 Å². The first-order valence-corrected chi connectivity index (χ1v) is 8.58. The van der Waals surface area contributed by atoms with E-state index < -0.39 is 17.7 Å². The van der Waals surface area contributed by atoms with Crippen LogP contribution in [0.25, 0.3) is 10.9 Å². The van der Waals surface area contributed by atoms with Crippen LogP contribution in [-0.4, -0.2) is 17.6 Å². The van der Waals surface area contributed by atoms with E-state index in [1.807, 2.05) is 24.3 Å². The van der Waals surface area contributed by atoms with Gasteiger partial charge in [-0.15, -0.1) is 0 Å². The predicted octanol–water partition coefficient (Wildman–Crippen LogP) is 3.63. The van der Waals surface area contributed by atoms with Crippen LogP contribution < -0.4 is 10.5 Å². The maximum atomic E-state index is 13.9. The zero-order valence-electron chi connectivity index (χ0n) is 14.6. The van der Waals surface area contributed by atoms with Crippen molar-refractivity contribution in [2.24, 2.45) is 5.73 Å². The molecule has 4 rings (SSSR count). The molecule has 3 aromatic rings. The number of fused-ring (bicyclic) bond motifs is 3. The lowest BCUT2D eigenvalue weighted by atomic mass is 9.82. The molecule has 0 saturated carbocycles. The van der Waals surface area contributed by atoms with E-state index in [1.165, 1.54) is 12.1 Å². The van der Waals surface area contributed by atoms with E-state index in [0.717, 1.165) is 5.39 Å². The number of aromatic nitrogens is 1. The average molecular weight is 364 g/mol. The van der Waals surface area contributed by atoms with E-state index in [0.29, 0.717) is 22.4 Å². The number of ether oxygens (including phenoxy) is 2. The van der Waals surface area contributed by atoms with Gasteiger partial charge >= 0.3 is 5.97 Å². The van der Waals surface area contributed by atoms with Crippen molar-refractivity contribution in [3.63, 3.8) is 0 Å². The summed E-state index contributed by atoms with van der Waals surface area (Å²) in [5.74, 6) is -1.20. The molecule has 2 heterocycles. The number of nitrogens with zero attached hydrogens (tertiary/aromatic N) is 1. The lowest BCUT2D eigenvalue weighted by molar-refractivity contribution is -0.139. The Kier molecular flexibility index (Phi) is 4.24. The van der Waals surface area contributed by atoms with E-state index in [2.05, 4.69) is 4.98 Å². The van der Waals surface area contributed by atoms with Crippen molar-refractivity contribution < 1.29 is 18.7 Å². The molecular formula is C21H17FN2O3. The Labute approximate surface area is 155 Å². The number of halogens is 1. The highest BCUT2D eigenvalue weighted by Gasteiger charge is 2.36. The lowest BCUT2D eigenvalue weighted by Gasteiger charge is -2.29. The number of pyridine rings is 1. The second-order valence-corrected chi connectivity index (χ2v) is 6.15. The van der Waals surface area contributed by atoms with Crippen LogP contribution in [0.1, 0.15) is 24.0 Å². The average Bonchev–Trinajstić information content (AvgIpc) is 2.67. The van der Waals surface area contributed by atoms with Gasteiger partial charge in [-0.2, -0.15) is 0 Å². The number of hydrogen-bond donors (Lipinski definition) is 1. The maximum Gasteiger partial charge on any atom is 0.340 e. The summed E-state index contributed by atoms with van der Waals surface area (Å²) in [4.78, 5) is 17.0. The quantitative estimate of drug-likeness (QED) is 0.719. The van der Waals surface area contributed by atoms with E-state index in [-0.39, 0.29) is 18.1 Å². The van der Waals surface area contributed by atoms with Crippen molar-refractivity contribution in [3.05, 3.63) is 83.1 Å². The molecule has 0 radical (unpaired) electrons. The van der Waals surface area contributed by atoms with Gasteiger partial charge in [0.05, 0.1) is 12.5 Å². The number of rotatable bonds is 3. The molecule has 2 N–H and O–H groups in total. The fraction of sp³-hybridized carbons (Fsp3) is 0.143. The highest BCUT2D eigenvalue weighted by atomic mass is 19.1. The van der Waals surface area contributed by atoms with Crippen LogP contribution in [0, 0.1) is 5.82 Å². The molecule has 5 nitrogen and oxygen atoms in total. The van der Waals surface area contributed by atoms with Gasteiger partial charge in [-0.25, -0.2) is 9.18 Å². The number of nitrogens with two attached hydrogens (primary N) is 1. The Balaban J connectivity index is 1.98. The van der Waals surface area contributed by atoms with Gasteiger partial charge in [-0.3, -0.25) is 4.98 Å². The predicted molar refractivity (Wildman–Crippen MR) is 98.5 cm³/mol. The minimum Gasteiger partial charge on any atom is -0.462 e. The summed E-state index contributed by atoms with van der Waals surface area (Å²) in [6, 6.07) is 13.5. The van der Waals surface area contributed by atoms with Gasteiger partial charge in [0, 0.05) is 17.1 Å². The molecule has 0 bridgehead atoms. The van der Waals surface area contributed by atoms with E-state index in [4.69, 9.17) is 15.2 Å². The van der Waals surface area contributed by atoms with Gasteiger partial charge in [-0.1, -0.05) is 30.3 Å². The van der Waals surface area contributed by atoms with Gasteiger partial charge < -0.3 is 15.2 Å². The van der Waals surface area contributed by atoms with Crippen LogP contribution in [0.15, 0.2) is 66.2 Å². The van der Waals surface area contributed by atoms with Crippen LogP contribution in [0.5, 0.6) is 5.75 Å². The maximum absolute atomic E-state index is 13.9. The Morgan fingerprint density at radius 2 is 2.11 bits per heavy atom. The Morgan fingerprint density at radius 1 is 1.26 bits per heavy atom. The van der Waals surface area contributed by atoms with Crippen molar-refractivity contribution in [1.82, 2.24) is 4.98 Å². The lowest BCUT2D eigenvalue weighted by Crippen LogP contribution is -2.27. The summed E-state index contributed by atoms with van der Waals surface area (Å²) >= 11 is 0. The largest absolute Gasteiger partial charge is 0.462 e. The molecule has 0 fully saturated rings. The first-order valence-electron chi connectivity index (χ1n) is 8.58. The summed E-state index contributed by atoms with van der Waals surface area (Å²) in [5, 5.41) is 0.877. The van der Waals surface area contributed by atoms with E-state index in [9.17, 15) is 9.18 Å². The molecule has 6 heteroatoms. The normalized spacial score (nSPS) is 16.0. The number of carbonyl (C=O) groups is 1. The first kappa shape index (κ1) is 17.0. The van der Waals surface area contributed by atoms with Crippen LogP contribution in [0.3, 0.4) is 0 Å². The van der Waals surface area contributed by atoms with E-state index in [1.54, 1.807) is 25.3 Å². The highest BCUT2D eigenvalue weighted by molar-refractivity contribution is 5.95. The molecule has 1 aromatic heterocycles. The fourth-order valence-electron chi connectivity index (χ4n) is 3.39. The topological polar surface area (TPSA) is 74.4 Å². The molecule has 1 aliphatic heterocycles. The molecule has 0 unspecified atom stereocenters. The molecule has 0 amide bonds. The van der Waals surface area contributed by atoms with Gasteiger partial charge in [0.2, 0.25) is 5.88 Å². The number of benzene rings is 2. The smallest absolute Gasteiger partial charge is 0.340 e. The van der Waals surface area contributed by atoms with Crippen molar-refractivity contribution in [2.45, 2.75) is 12.8 Å². The zero-order chi connectivity index (χ0) is 19.0. The highest BCUT2D eigenvalue weighted by Crippen LogP contribution is 2.45. The summed E-state index contributed by atoms with van der Waals surface area (Å²) in [6.45, 7) is 1.90. The molecule has 0 spiro atoms. The summed E-state index contributed by atoms with van der Waals surface area (Å²) in [7, 11) is 0. The molecule has 1 atom stereocenters. The number of carbonyl (C=O) groups excluding carboxylic acids is 1. The summed E-state index contributed by atoms with van der Waals surface area (Å²) in [6.07, 6.45) is 1.66. The van der Waals surface area contributed by atoms with Crippen molar-refractivity contribution >= 4 is 16.9 Å². The molecule has 1 aliphatic rings.